The summed E-state index contributed by atoms with van der Waals surface area (Å²) in [6, 6.07) is 8.57. The van der Waals surface area contributed by atoms with Gasteiger partial charge in [-0.1, -0.05) is 29.4 Å². The van der Waals surface area contributed by atoms with Crippen molar-refractivity contribution in [2.45, 2.75) is 38.0 Å². The third kappa shape index (κ3) is 2.47. The predicted octanol–water partition coefficient (Wildman–Crippen LogP) is 2.55. The van der Waals surface area contributed by atoms with Crippen LogP contribution in [0.5, 0.6) is 0 Å². The van der Waals surface area contributed by atoms with Crippen molar-refractivity contribution >= 4 is 0 Å². The van der Waals surface area contributed by atoms with Gasteiger partial charge in [-0.15, -0.1) is 0 Å². The Hall–Kier alpha value is -1.72. The largest absolute Gasteiger partial charge is 0.373 e. The van der Waals surface area contributed by atoms with Crippen LogP contribution in [-0.2, 0) is 17.7 Å². The average Bonchev–Trinajstić information content (AvgIpc) is 3.24. The van der Waals surface area contributed by atoms with Crippen LogP contribution in [0.4, 0.5) is 0 Å². The molecule has 0 saturated heterocycles. The molecule has 2 atom stereocenters. The summed E-state index contributed by atoms with van der Waals surface area (Å²) in [4.78, 5) is 4.57. The van der Waals surface area contributed by atoms with Crippen molar-refractivity contribution in [1.82, 2.24) is 15.5 Å². The molecule has 2 aliphatic rings. The highest BCUT2D eigenvalue weighted by molar-refractivity contribution is 5.30. The molecule has 2 unspecified atom stereocenters. The van der Waals surface area contributed by atoms with Crippen molar-refractivity contribution in [2.75, 3.05) is 7.11 Å². The number of aromatic nitrogens is 2. The Morgan fingerprint density at radius 3 is 2.86 bits per heavy atom. The number of hydrogen-bond donors (Lipinski definition) is 1. The van der Waals surface area contributed by atoms with Crippen LogP contribution in [0, 0.1) is 5.92 Å². The van der Waals surface area contributed by atoms with E-state index < -0.39 is 0 Å². The van der Waals surface area contributed by atoms with Crippen molar-refractivity contribution in [3.63, 3.8) is 0 Å². The summed E-state index contributed by atoms with van der Waals surface area (Å²) in [5, 5.41) is 7.60. The molecule has 0 bridgehead atoms. The van der Waals surface area contributed by atoms with Crippen LogP contribution in [-0.4, -0.2) is 17.3 Å². The third-order valence-corrected chi connectivity index (χ3v) is 4.40. The van der Waals surface area contributed by atoms with Crippen LogP contribution < -0.4 is 5.32 Å². The highest BCUT2D eigenvalue weighted by Gasteiger charge is 2.36. The monoisotopic (exact) mass is 285 g/mol. The van der Waals surface area contributed by atoms with Gasteiger partial charge in [-0.2, -0.15) is 4.98 Å². The number of methoxy groups -OCH3 is 1. The Morgan fingerprint density at radius 2 is 2.10 bits per heavy atom. The second-order valence-corrected chi connectivity index (χ2v) is 5.89. The van der Waals surface area contributed by atoms with Gasteiger partial charge < -0.3 is 14.6 Å². The minimum absolute atomic E-state index is 0.0154. The van der Waals surface area contributed by atoms with E-state index in [1.165, 1.54) is 24.0 Å². The van der Waals surface area contributed by atoms with Gasteiger partial charge in [0.15, 0.2) is 0 Å². The molecule has 4 rings (SSSR count). The average molecular weight is 285 g/mol. The second-order valence-electron chi connectivity index (χ2n) is 5.89. The van der Waals surface area contributed by atoms with Gasteiger partial charge in [0, 0.05) is 13.7 Å². The van der Waals surface area contributed by atoms with Crippen LogP contribution in [0.25, 0.3) is 0 Å². The van der Waals surface area contributed by atoms with E-state index in [2.05, 4.69) is 39.7 Å². The summed E-state index contributed by atoms with van der Waals surface area (Å²) in [5.74, 6) is 1.92. The standard InChI is InChI=1S/C16H19N3O2/c1-20-14(10-6-7-10)15-18-16(21-19-15)13-8-11-4-2-3-5-12(11)9-17-13/h2-5,10,13-14,17H,6-9H2,1H3. The summed E-state index contributed by atoms with van der Waals surface area (Å²) < 4.78 is 11.0. The SMILES string of the molecule is COC(c1noc(C2Cc3ccccc3CN2)n1)C1CC1. The van der Waals surface area contributed by atoms with E-state index >= 15 is 0 Å². The molecule has 5 nitrogen and oxygen atoms in total. The van der Waals surface area contributed by atoms with Crippen LogP contribution in [0.2, 0.25) is 0 Å². The van der Waals surface area contributed by atoms with Crippen molar-refractivity contribution in [2.24, 2.45) is 5.92 Å². The lowest BCUT2D eigenvalue weighted by atomic mass is 9.96. The van der Waals surface area contributed by atoms with E-state index in [-0.39, 0.29) is 12.1 Å². The molecule has 1 N–H and O–H groups in total. The summed E-state index contributed by atoms with van der Waals surface area (Å²) in [6.07, 6.45) is 3.26. The Morgan fingerprint density at radius 1 is 1.29 bits per heavy atom. The molecule has 2 aromatic rings. The van der Waals surface area contributed by atoms with Crippen molar-refractivity contribution < 1.29 is 9.26 Å². The highest BCUT2D eigenvalue weighted by Crippen LogP contribution is 2.42. The molecule has 1 aliphatic carbocycles. The Labute approximate surface area is 123 Å². The molecule has 5 heteroatoms. The first kappa shape index (κ1) is 13.0. The molecule has 0 spiro atoms. The van der Waals surface area contributed by atoms with Gasteiger partial charge in [0.25, 0.3) is 0 Å². The van der Waals surface area contributed by atoms with Gasteiger partial charge in [0.05, 0.1) is 6.04 Å². The lowest BCUT2D eigenvalue weighted by Gasteiger charge is -2.23. The quantitative estimate of drug-likeness (QED) is 0.935. The molecule has 0 amide bonds. The highest BCUT2D eigenvalue weighted by atomic mass is 16.5. The molecule has 1 aromatic carbocycles. The van der Waals surface area contributed by atoms with Crippen LogP contribution in [0.1, 0.15) is 47.8 Å². The molecule has 21 heavy (non-hydrogen) atoms. The molecular formula is C16H19N3O2. The lowest BCUT2D eigenvalue weighted by molar-refractivity contribution is 0.0751. The molecular weight excluding hydrogens is 266 g/mol. The minimum Gasteiger partial charge on any atom is -0.373 e. The number of benzene rings is 1. The van der Waals surface area contributed by atoms with E-state index in [1.807, 2.05) is 0 Å². The maximum absolute atomic E-state index is 5.51. The van der Waals surface area contributed by atoms with Gasteiger partial charge in [0.2, 0.25) is 11.7 Å². The summed E-state index contributed by atoms with van der Waals surface area (Å²) in [6.45, 7) is 0.842. The fourth-order valence-electron chi connectivity index (χ4n) is 3.04. The van der Waals surface area contributed by atoms with Crippen LogP contribution in [0.3, 0.4) is 0 Å². The maximum Gasteiger partial charge on any atom is 0.244 e. The van der Waals surface area contributed by atoms with Gasteiger partial charge >= 0.3 is 0 Å². The fraction of sp³-hybridized carbons (Fsp3) is 0.500. The number of nitrogens with one attached hydrogen (secondary N) is 1. The molecule has 110 valence electrons. The van der Waals surface area contributed by atoms with Gasteiger partial charge in [-0.25, -0.2) is 0 Å². The Kier molecular flexibility index (Phi) is 3.24. The maximum atomic E-state index is 5.51. The van der Waals surface area contributed by atoms with Gasteiger partial charge in [0.1, 0.15) is 6.10 Å². The zero-order chi connectivity index (χ0) is 14.2. The minimum atomic E-state index is -0.0154. The van der Waals surface area contributed by atoms with Crippen LogP contribution in [0.15, 0.2) is 28.8 Å². The fourth-order valence-corrected chi connectivity index (χ4v) is 3.04. The molecule has 1 fully saturated rings. The molecule has 1 aliphatic heterocycles. The van der Waals surface area contributed by atoms with Crippen LogP contribution >= 0.6 is 0 Å². The van der Waals surface area contributed by atoms with E-state index in [0.717, 1.165) is 13.0 Å². The third-order valence-electron chi connectivity index (χ3n) is 4.40. The van der Waals surface area contributed by atoms with Gasteiger partial charge in [-0.05, 0) is 36.3 Å². The molecule has 1 saturated carbocycles. The number of nitrogens with zero attached hydrogens (tertiary/aromatic N) is 2. The predicted molar refractivity (Wildman–Crippen MR) is 76.5 cm³/mol. The summed E-state index contributed by atoms with van der Waals surface area (Å²) in [7, 11) is 1.72. The first-order valence-corrected chi connectivity index (χ1v) is 7.51. The first-order valence-electron chi connectivity index (χ1n) is 7.51. The van der Waals surface area contributed by atoms with E-state index in [9.17, 15) is 0 Å². The first-order chi connectivity index (χ1) is 10.3. The second kappa shape index (κ2) is 5.24. The molecule has 1 aromatic heterocycles. The van der Waals surface area contributed by atoms with Crippen molar-refractivity contribution in [3.8, 4) is 0 Å². The smallest absolute Gasteiger partial charge is 0.244 e. The zero-order valence-corrected chi connectivity index (χ0v) is 12.1. The summed E-state index contributed by atoms with van der Waals surface area (Å²) >= 11 is 0. The van der Waals surface area contributed by atoms with Crippen molar-refractivity contribution in [1.29, 1.82) is 0 Å². The normalized spacial score (nSPS) is 22.8. The van der Waals surface area contributed by atoms with E-state index in [1.54, 1.807) is 7.11 Å². The van der Waals surface area contributed by atoms with Crippen molar-refractivity contribution in [3.05, 3.63) is 47.1 Å². The number of fused-ring (bicyclic) bond motifs is 1. The molecule has 0 radical (unpaired) electrons. The zero-order valence-electron chi connectivity index (χ0n) is 12.1. The number of hydrogen-bond acceptors (Lipinski definition) is 5. The number of ether oxygens (including phenoxy) is 1. The van der Waals surface area contributed by atoms with E-state index in [4.69, 9.17) is 9.26 Å². The molecule has 2 heterocycles. The lowest BCUT2D eigenvalue weighted by Crippen LogP contribution is -2.28. The topological polar surface area (TPSA) is 60.2 Å². The Bertz CT molecular complexity index is 636. The summed E-state index contributed by atoms with van der Waals surface area (Å²) in [5.41, 5.74) is 2.70. The number of rotatable bonds is 4. The Balaban J connectivity index is 1.54. The van der Waals surface area contributed by atoms with E-state index in [0.29, 0.717) is 17.6 Å². The van der Waals surface area contributed by atoms with Gasteiger partial charge in [-0.3, -0.25) is 0 Å².